The zero-order valence-electron chi connectivity index (χ0n) is 10.1. The van der Waals surface area contributed by atoms with Gasteiger partial charge in [0.05, 0.1) is 5.92 Å². The van der Waals surface area contributed by atoms with E-state index < -0.39 is 43.4 Å². The maximum atomic E-state index is 12.4. The first-order valence-corrected chi connectivity index (χ1v) is 5.20. The molecular weight excluding hydrogens is 239 g/mol. The van der Waals surface area contributed by atoms with Gasteiger partial charge in [0.2, 0.25) is 0 Å². The van der Waals surface area contributed by atoms with E-state index in [1.54, 1.807) is 20.8 Å². The van der Waals surface area contributed by atoms with Crippen LogP contribution in [0.15, 0.2) is 0 Å². The summed E-state index contributed by atoms with van der Waals surface area (Å²) >= 11 is 0. The molecule has 0 radical (unpaired) electrons. The van der Waals surface area contributed by atoms with Crippen LogP contribution < -0.4 is 5.32 Å². The number of aliphatic hydroxyl groups excluding tert-OH is 1. The summed E-state index contributed by atoms with van der Waals surface area (Å²) in [5.41, 5.74) is -0.755. The van der Waals surface area contributed by atoms with Crippen molar-refractivity contribution in [3.8, 4) is 0 Å². The van der Waals surface area contributed by atoms with Crippen molar-refractivity contribution >= 4 is 6.09 Å². The number of amides is 1. The van der Waals surface area contributed by atoms with E-state index in [9.17, 15) is 18.0 Å². The average molecular weight is 257 g/mol. The minimum absolute atomic E-state index is 0.445. The summed E-state index contributed by atoms with van der Waals surface area (Å²) in [5, 5.41) is 10.5. The van der Waals surface area contributed by atoms with Crippen molar-refractivity contribution < 1.29 is 27.8 Å². The molecule has 0 aromatic carbocycles. The summed E-state index contributed by atoms with van der Waals surface area (Å²) in [4.78, 5) is 11.1. The van der Waals surface area contributed by atoms with Gasteiger partial charge in [-0.3, -0.25) is 0 Å². The Hall–Kier alpha value is -0.980. The number of nitrogens with one attached hydrogen (secondary N) is 1. The molecule has 1 atom stereocenters. The Morgan fingerprint density at radius 3 is 2.24 bits per heavy atom. The Morgan fingerprint density at radius 1 is 1.35 bits per heavy atom. The Labute approximate surface area is 98.1 Å². The van der Waals surface area contributed by atoms with Crippen molar-refractivity contribution in [2.45, 2.75) is 39.0 Å². The van der Waals surface area contributed by atoms with Gasteiger partial charge in [0, 0.05) is 13.2 Å². The molecule has 0 aliphatic heterocycles. The second-order valence-electron chi connectivity index (χ2n) is 4.63. The first kappa shape index (κ1) is 16.0. The number of hydrogen-bond donors (Lipinski definition) is 2. The predicted molar refractivity (Wildman–Crippen MR) is 55.5 cm³/mol. The fourth-order valence-corrected chi connectivity index (χ4v) is 1.06. The molecule has 0 saturated heterocycles. The second kappa shape index (κ2) is 6.09. The Balaban J connectivity index is 4.18. The molecule has 0 rings (SSSR count). The zero-order valence-corrected chi connectivity index (χ0v) is 10.1. The first-order chi connectivity index (χ1) is 7.56. The minimum Gasteiger partial charge on any atom is -0.444 e. The standard InChI is InChI=1S/C10H18F3NO3/c1-9(2,3)17-8(16)14-6-7(4-5-15)10(11,12)13/h7,15H,4-6H2,1-3H3,(H,14,16). The van der Waals surface area contributed by atoms with Crippen LogP contribution in [0.3, 0.4) is 0 Å². The molecule has 0 aliphatic rings. The van der Waals surface area contributed by atoms with Crippen molar-refractivity contribution in [2.24, 2.45) is 5.92 Å². The number of carbonyl (C=O) groups is 1. The molecule has 0 heterocycles. The minimum atomic E-state index is -4.45. The van der Waals surface area contributed by atoms with Gasteiger partial charge in [0.25, 0.3) is 0 Å². The summed E-state index contributed by atoms with van der Waals surface area (Å²) in [5.74, 6) is -1.76. The van der Waals surface area contributed by atoms with E-state index in [1.807, 2.05) is 5.32 Å². The molecule has 0 aliphatic carbocycles. The van der Waals surface area contributed by atoms with Gasteiger partial charge in [-0.1, -0.05) is 0 Å². The summed E-state index contributed by atoms with van der Waals surface area (Å²) in [6.45, 7) is 3.66. The van der Waals surface area contributed by atoms with Gasteiger partial charge < -0.3 is 15.2 Å². The maximum absolute atomic E-state index is 12.4. The highest BCUT2D eigenvalue weighted by Gasteiger charge is 2.39. The predicted octanol–water partition coefficient (Wildman–Crippen LogP) is 2.07. The SMILES string of the molecule is CC(C)(C)OC(=O)NCC(CCO)C(F)(F)F. The van der Waals surface area contributed by atoms with Crippen molar-refractivity contribution in [3.05, 3.63) is 0 Å². The Bertz CT molecular complexity index is 248. The van der Waals surface area contributed by atoms with Gasteiger partial charge in [-0.2, -0.15) is 13.2 Å². The number of carbonyl (C=O) groups excluding carboxylic acids is 1. The highest BCUT2D eigenvalue weighted by atomic mass is 19.4. The summed E-state index contributed by atoms with van der Waals surface area (Å²) in [6, 6.07) is 0. The summed E-state index contributed by atoms with van der Waals surface area (Å²) in [7, 11) is 0. The summed E-state index contributed by atoms with van der Waals surface area (Å²) < 4.78 is 42.0. The third-order valence-corrected chi connectivity index (χ3v) is 1.83. The molecule has 4 nitrogen and oxygen atoms in total. The van der Waals surface area contributed by atoms with Gasteiger partial charge in [0.1, 0.15) is 5.60 Å². The van der Waals surface area contributed by atoms with E-state index in [-0.39, 0.29) is 0 Å². The van der Waals surface area contributed by atoms with Crippen LogP contribution >= 0.6 is 0 Å². The van der Waals surface area contributed by atoms with Gasteiger partial charge in [-0.05, 0) is 27.2 Å². The number of halogens is 3. The molecule has 1 unspecified atom stereocenters. The van der Waals surface area contributed by atoms with Crippen LogP contribution in [-0.2, 0) is 4.74 Å². The second-order valence-corrected chi connectivity index (χ2v) is 4.63. The highest BCUT2D eigenvalue weighted by molar-refractivity contribution is 5.67. The number of alkyl halides is 3. The molecular formula is C10H18F3NO3. The average Bonchev–Trinajstić information content (AvgIpc) is 2.07. The Morgan fingerprint density at radius 2 is 1.88 bits per heavy atom. The van der Waals surface area contributed by atoms with E-state index in [0.29, 0.717) is 0 Å². The van der Waals surface area contributed by atoms with E-state index in [2.05, 4.69) is 0 Å². The third-order valence-electron chi connectivity index (χ3n) is 1.83. The molecule has 102 valence electrons. The lowest BCUT2D eigenvalue weighted by atomic mass is 10.1. The van der Waals surface area contributed by atoms with Crippen LogP contribution in [0.25, 0.3) is 0 Å². The van der Waals surface area contributed by atoms with Crippen molar-refractivity contribution in [1.29, 1.82) is 0 Å². The van der Waals surface area contributed by atoms with Gasteiger partial charge in [0.15, 0.2) is 0 Å². The molecule has 0 aromatic heterocycles. The number of ether oxygens (including phenoxy) is 1. The van der Waals surface area contributed by atoms with Crippen LogP contribution in [0, 0.1) is 5.92 Å². The summed E-state index contributed by atoms with van der Waals surface area (Å²) in [6.07, 6.45) is -5.79. The molecule has 2 N–H and O–H groups in total. The number of alkyl carbamates (subject to hydrolysis) is 1. The Kier molecular flexibility index (Phi) is 5.74. The lowest BCUT2D eigenvalue weighted by Crippen LogP contribution is -2.39. The van der Waals surface area contributed by atoms with Crippen molar-refractivity contribution in [2.75, 3.05) is 13.2 Å². The third kappa shape index (κ3) is 7.84. The van der Waals surface area contributed by atoms with Crippen molar-refractivity contribution in [1.82, 2.24) is 5.32 Å². The molecule has 0 fully saturated rings. The normalized spacial score (nSPS) is 14.3. The fraction of sp³-hybridized carbons (Fsp3) is 0.900. The van der Waals surface area contributed by atoms with Crippen LogP contribution in [0.2, 0.25) is 0 Å². The van der Waals surface area contributed by atoms with E-state index in [4.69, 9.17) is 9.84 Å². The van der Waals surface area contributed by atoms with Crippen LogP contribution in [0.1, 0.15) is 27.2 Å². The first-order valence-electron chi connectivity index (χ1n) is 5.20. The fourth-order valence-electron chi connectivity index (χ4n) is 1.06. The van der Waals surface area contributed by atoms with Crippen LogP contribution in [0.5, 0.6) is 0 Å². The lowest BCUT2D eigenvalue weighted by Gasteiger charge is -2.22. The van der Waals surface area contributed by atoms with E-state index >= 15 is 0 Å². The molecule has 17 heavy (non-hydrogen) atoms. The molecule has 7 heteroatoms. The molecule has 0 saturated carbocycles. The van der Waals surface area contributed by atoms with Gasteiger partial charge in [-0.25, -0.2) is 4.79 Å². The zero-order chi connectivity index (χ0) is 13.7. The maximum Gasteiger partial charge on any atom is 0.407 e. The highest BCUT2D eigenvalue weighted by Crippen LogP contribution is 2.28. The monoisotopic (exact) mass is 257 g/mol. The largest absolute Gasteiger partial charge is 0.444 e. The number of aliphatic hydroxyl groups is 1. The topological polar surface area (TPSA) is 58.6 Å². The van der Waals surface area contributed by atoms with Crippen LogP contribution in [-0.4, -0.2) is 36.1 Å². The number of hydrogen-bond acceptors (Lipinski definition) is 3. The van der Waals surface area contributed by atoms with Crippen molar-refractivity contribution in [3.63, 3.8) is 0 Å². The molecule has 0 bridgehead atoms. The smallest absolute Gasteiger partial charge is 0.407 e. The molecule has 0 spiro atoms. The molecule has 1 amide bonds. The van der Waals surface area contributed by atoms with Crippen LogP contribution in [0.4, 0.5) is 18.0 Å². The van der Waals surface area contributed by atoms with Gasteiger partial charge >= 0.3 is 12.3 Å². The quantitative estimate of drug-likeness (QED) is 0.810. The van der Waals surface area contributed by atoms with E-state index in [1.165, 1.54) is 0 Å². The van der Waals surface area contributed by atoms with E-state index in [0.717, 1.165) is 0 Å². The lowest BCUT2D eigenvalue weighted by molar-refractivity contribution is -0.176. The number of rotatable bonds is 4. The molecule has 0 aromatic rings. The van der Waals surface area contributed by atoms with Gasteiger partial charge in [-0.15, -0.1) is 0 Å².